The van der Waals surface area contributed by atoms with Gasteiger partial charge in [-0.05, 0) is 20.8 Å². The SMILES string of the molecule is CC(C)N1CCNCC1.CC(N)=CC(=O)O. The van der Waals surface area contributed by atoms with Crippen molar-refractivity contribution in [1.82, 2.24) is 10.2 Å². The van der Waals surface area contributed by atoms with Gasteiger partial charge in [0.05, 0.1) is 0 Å². The molecular weight excluding hydrogens is 206 g/mol. The Balaban J connectivity index is 0.000000293. The van der Waals surface area contributed by atoms with E-state index in [1.54, 1.807) is 0 Å². The maximum absolute atomic E-state index is 9.65. The summed E-state index contributed by atoms with van der Waals surface area (Å²) in [6.07, 6.45) is 0.944. The number of nitrogens with one attached hydrogen (secondary N) is 1. The van der Waals surface area contributed by atoms with Crippen LogP contribution in [0.4, 0.5) is 0 Å². The van der Waals surface area contributed by atoms with E-state index in [2.05, 4.69) is 24.1 Å². The Morgan fingerprint density at radius 3 is 2.12 bits per heavy atom. The van der Waals surface area contributed by atoms with Crippen LogP contribution in [0.1, 0.15) is 20.8 Å². The fraction of sp³-hybridized carbons (Fsp3) is 0.727. The average Bonchev–Trinajstić information content (AvgIpc) is 2.17. The normalized spacial score (nSPS) is 17.9. The van der Waals surface area contributed by atoms with Crippen LogP contribution in [0.5, 0.6) is 0 Å². The molecule has 0 atom stereocenters. The number of nitrogens with zero attached hydrogens (tertiary/aromatic N) is 1. The largest absolute Gasteiger partial charge is 0.478 e. The summed E-state index contributed by atoms with van der Waals surface area (Å²) in [6.45, 7) is 10.8. The highest BCUT2D eigenvalue weighted by Gasteiger charge is 2.11. The molecule has 1 heterocycles. The topological polar surface area (TPSA) is 78.6 Å². The van der Waals surface area contributed by atoms with Crippen LogP contribution in [0.2, 0.25) is 0 Å². The molecule has 1 rings (SSSR count). The first kappa shape index (κ1) is 14.9. The first-order valence-corrected chi connectivity index (χ1v) is 5.55. The van der Waals surface area contributed by atoms with Gasteiger partial charge in [-0.25, -0.2) is 4.79 Å². The second-order valence-corrected chi connectivity index (χ2v) is 4.11. The molecule has 0 bridgehead atoms. The summed E-state index contributed by atoms with van der Waals surface area (Å²) >= 11 is 0. The number of allylic oxidation sites excluding steroid dienone is 1. The van der Waals surface area contributed by atoms with Gasteiger partial charge in [0.15, 0.2) is 0 Å². The number of piperazine rings is 1. The quantitative estimate of drug-likeness (QED) is 0.591. The van der Waals surface area contributed by atoms with E-state index in [9.17, 15) is 4.79 Å². The summed E-state index contributed by atoms with van der Waals surface area (Å²) in [4.78, 5) is 12.1. The van der Waals surface area contributed by atoms with Crippen molar-refractivity contribution in [1.29, 1.82) is 0 Å². The molecule has 16 heavy (non-hydrogen) atoms. The van der Waals surface area contributed by atoms with Gasteiger partial charge < -0.3 is 16.2 Å². The Morgan fingerprint density at radius 2 is 1.94 bits per heavy atom. The van der Waals surface area contributed by atoms with Crippen molar-refractivity contribution < 1.29 is 9.90 Å². The molecular formula is C11H23N3O2. The minimum absolute atomic E-state index is 0.313. The first-order valence-electron chi connectivity index (χ1n) is 5.55. The predicted octanol–water partition coefficient (Wildman–Crippen LogP) is 0.234. The van der Waals surface area contributed by atoms with Crippen molar-refractivity contribution in [2.24, 2.45) is 5.73 Å². The van der Waals surface area contributed by atoms with Crippen molar-refractivity contribution in [2.75, 3.05) is 26.2 Å². The molecule has 0 aromatic rings. The van der Waals surface area contributed by atoms with E-state index >= 15 is 0 Å². The number of carboxylic acids is 1. The lowest BCUT2D eigenvalue weighted by Gasteiger charge is -2.30. The molecule has 0 saturated carbocycles. The molecule has 5 nitrogen and oxygen atoms in total. The van der Waals surface area contributed by atoms with E-state index in [0.29, 0.717) is 5.70 Å². The Morgan fingerprint density at radius 1 is 1.44 bits per heavy atom. The van der Waals surface area contributed by atoms with Crippen molar-refractivity contribution in [3.63, 3.8) is 0 Å². The third-order valence-corrected chi connectivity index (χ3v) is 2.23. The summed E-state index contributed by atoms with van der Waals surface area (Å²) in [5.74, 6) is -1.000. The van der Waals surface area contributed by atoms with Crippen LogP contribution in [0, 0.1) is 0 Å². The number of rotatable bonds is 2. The molecule has 0 aromatic carbocycles. The van der Waals surface area contributed by atoms with Crippen LogP contribution in [-0.4, -0.2) is 48.2 Å². The zero-order valence-electron chi connectivity index (χ0n) is 10.4. The highest BCUT2D eigenvalue weighted by Crippen LogP contribution is 1.97. The second kappa shape index (κ2) is 8.13. The Kier molecular flexibility index (Phi) is 7.58. The van der Waals surface area contributed by atoms with Gasteiger partial charge in [-0.2, -0.15) is 0 Å². The van der Waals surface area contributed by atoms with Crippen molar-refractivity contribution in [3.05, 3.63) is 11.8 Å². The fourth-order valence-electron chi connectivity index (χ4n) is 1.39. The number of carbonyl (C=O) groups is 1. The van der Waals surface area contributed by atoms with E-state index in [-0.39, 0.29) is 0 Å². The zero-order chi connectivity index (χ0) is 12.6. The molecule has 0 aromatic heterocycles. The van der Waals surface area contributed by atoms with Crippen LogP contribution < -0.4 is 11.1 Å². The monoisotopic (exact) mass is 229 g/mol. The molecule has 0 amide bonds. The molecule has 5 heteroatoms. The molecule has 0 unspecified atom stereocenters. The number of aliphatic carboxylic acids is 1. The summed E-state index contributed by atoms with van der Waals surface area (Å²) in [6, 6.07) is 0.729. The van der Waals surface area contributed by atoms with E-state index < -0.39 is 5.97 Å². The maximum Gasteiger partial charge on any atom is 0.330 e. The molecule has 0 spiro atoms. The minimum Gasteiger partial charge on any atom is -0.478 e. The van der Waals surface area contributed by atoms with Crippen LogP contribution in [0.3, 0.4) is 0 Å². The van der Waals surface area contributed by atoms with Crippen molar-refractivity contribution in [3.8, 4) is 0 Å². The standard InChI is InChI=1S/C7H16N2.C4H7NO2/c1-7(2)9-5-3-8-4-6-9;1-3(5)2-4(6)7/h7-8H,3-6H2,1-2H3;2H,5H2,1H3,(H,6,7). The molecule has 0 aliphatic carbocycles. The average molecular weight is 229 g/mol. The summed E-state index contributed by atoms with van der Waals surface area (Å²) in [7, 11) is 0. The van der Waals surface area contributed by atoms with Gasteiger partial charge in [0.1, 0.15) is 0 Å². The van der Waals surface area contributed by atoms with Gasteiger partial charge in [-0.15, -0.1) is 0 Å². The lowest BCUT2D eigenvalue weighted by Crippen LogP contribution is -2.46. The number of carboxylic acid groups (broad SMARTS) is 1. The molecule has 1 aliphatic heterocycles. The second-order valence-electron chi connectivity index (χ2n) is 4.11. The van der Waals surface area contributed by atoms with Crippen LogP contribution >= 0.6 is 0 Å². The molecule has 94 valence electrons. The smallest absolute Gasteiger partial charge is 0.330 e. The highest BCUT2D eigenvalue weighted by molar-refractivity contribution is 5.80. The van der Waals surface area contributed by atoms with E-state index in [1.165, 1.54) is 20.0 Å². The van der Waals surface area contributed by atoms with Gasteiger partial charge in [-0.1, -0.05) is 0 Å². The molecule has 1 aliphatic rings. The van der Waals surface area contributed by atoms with Gasteiger partial charge in [-0.3, -0.25) is 4.90 Å². The minimum atomic E-state index is -1.000. The third-order valence-electron chi connectivity index (χ3n) is 2.23. The molecule has 1 saturated heterocycles. The third kappa shape index (κ3) is 8.26. The lowest BCUT2D eigenvalue weighted by molar-refractivity contribution is -0.131. The number of nitrogens with two attached hydrogens (primary N) is 1. The predicted molar refractivity (Wildman–Crippen MR) is 65.2 cm³/mol. The first-order chi connectivity index (χ1) is 7.43. The number of hydrogen-bond acceptors (Lipinski definition) is 4. The van der Waals surface area contributed by atoms with Gasteiger partial charge in [0.2, 0.25) is 0 Å². The summed E-state index contributed by atoms with van der Waals surface area (Å²) < 4.78 is 0. The molecule has 0 radical (unpaired) electrons. The Labute approximate surface area is 97.3 Å². The Bertz CT molecular complexity index is 229. The summed E-state index contributed by atoms with van der Waals surface area (Å²) in [5.41, 5.74) is 5.29. The highest BCUT2D eigenvalue weighted by atomic mass is 16.4. The van der Waals surface area contributed by atoms with Crippen molar-refractivity contribution >= 4 is 5.97 Å². The maximum atomic E-state index is 9.65. The van der Waals surface area contributed by atoms with Crippen LogP contribution in [0.25, 0.3) is 0 Å². The zero-order valence-corrected chi connectivity index (χ0v) is 10.4. The lowest BCUT2D eigenvalue weighted by atomic mass is 10.3. The number of hydrogen-bond donors (Lipinski definition) is 3. The van der Waals surface area contributed by atoms with Gasteiger partial charge in [0, 0.05) is 44.0 Å². The molecule has 4 N–H and O–H groups in total. The van der Waals surface area contributed by atoms with Gasteiger partial charge >= 0.3 is 5.97 Å². The molecule has 1 fully saturated rings. The summed E-state index contributed by atoms with van der Waals surface area (Å²) in [5, 5.41) is 11.3. The van der Waals surface area contributed by atoms with Crippen molar-refractivity contribution in [2.45, 2.75) is 26.8 Å². The van der Waals surface area contributed by atoms with E-state index in [4.69, 9.17) is 10.8 Å². The fourth-order valence-corrected chi connectivity index (χ4v) is 1.39. The van der Waals surface area contributed by atoms with E-state index in [1.807, 2.05) is 0 Å². The van der Waals surface area contributed by atoms with Crippen LogP contribution in [-0.2, 0) is 4.79 Å². The Hall–Kier alpha value is -1.07. The van der Waals surface area contributed by atoms with E-state index in [0.717, 1.165) is 25.2 Å². The van der Waals surface area contributed by atoms with Gasteiger partial charge in [0.25, 0.3) is 0 Å². The van der Waals surface area contributed by atoms with Crippen LogP contribution in [0.15, 0.2) is 11.8 Å².